The van der Waals surface area contributed by atoms with Gasteiger partial charge in [0.2, 0.25) is 0 Å². The molecule has 0 aliphatic carbocycles. The van der Waals surface area contributed by atoms with Crippen LogP contribution in [0.3, 0.4) is 0 Å². The van der Waals surface area contributed by atoms with Crippen molar-refractivity contribution in [2.24, 2.45) is 5.92 Å². The predicted octanol–water partition coefficient (Wildman–Crippen LogP) is 0.766. The molecule has 1 N–H and O–H groups in total. The first kappa shape index (κ1) is 8.97. The molecule has 1 saturated heterocycles. The summed E-state index contributed by atoms with van der Waals surface area (Å²) in [5.41, 5.74) is 0. The van der Waals surface area contributed by atoms with Crippen LogP contribution in [0.2, 0.25) is 0 Å². The van der Waals surface area contributed by atoms with Gasteiger partial charge in [-0.15, -0.1) is 0 Å². The SMILES string of the molecule is CC(C)C1(C)OCC(CO)O1. The van der Waals surface area contributed by atoms with Crippen molar-refractivity contribution in [1.82, 2.24) is 0 Å². The van der Waals surface area contributed by atoms with Crippen LogP contribution in [0.5, 0.6) is 0 Å². The van der Waals surface area contributed by atoms with Crippen LogP contribution in [0.1, 0.15) is 20.8 Å². The summed E-state index contributed by atoms with van der Waals surface area (Å²) in [6, 6.07) is 0. The molecule has 2 atom stereocenters. The highest BCUT2D eigenvalue weighted by Gasteiger charge is 2.39. The molecule has 0 bridgehead atoms. The Hall–Kier alpha value is -0.120. The molecule has 3 nitrogen and oxygen atoms in total. The minimum Gasteiger partial charge on any atom is -0.394 e. The Kier molecular flexibility index (Phi) is 2.52. The topological polar surface area (TPSA) is 38.7 Å². The van der Waals surface area contributed by atoms with Crippen molar-refractivity contribution in [3.63, 3.8) is 0 Å². The Morgan fingerprint density at radius 3 is 2.55 bits per heavy atom. The molecule has 1 aliphatic heterocycles. The molecule has 11 heavy (non-hydrogen) atoms. The first-order valence-corrected chi connectivity index (χ1v) is 4.01. The predicted molar refractivity (Wildman–Crippen MR) is 41.2 cm³/mol. The van der Waals surface area contributed by atoms with Gasteiger partial charge in [-0.05, 0) is 6.92 Å². The van der Waals surface area contributed by atoms with E-state index in [-0.39, 0.29) is 12.7 Å². The molecule has 1 rings (SSSR count). The van der Waals surface area contributed by atoms with Crippen LogP contribution in [0.25, 0.3) is 0 Å². The van der Waals surface area contributed by atoms with Gasteiger partial charge in [0.1, 0.15) is 6.10 Å². The Morgan fingerprint density at radius 2 is 2.27 bits per heavy atom. The molecule has 0 aromatic heterocycles. The lowest BCUT2D eigenvalue weighted by molar-refractivity contribution is -0.186. The zero-order chi connectivity index (χ0) is 8.48. The van der Waals surface area contributed by atoms with Gasteiger partial charge in [0.05, 0.1) is 13.2 Å². The fraction of sp³-hybridized carbons (Fsp3) is 1.00. The van der Waals surface area contributed by atoms with Gasteiger partial charge in [0.25, 0.3) is 0 Å². The summed E-state index contributed by atoms with van der Waals surface area (Å²) in [5, 5.41) is 8.78. The maximum atomic E-state index is 8.78. The van der Waals surface area contributed by atoms with E-state index in [1.807, 2.05) is 20.8 Å². The summed E-state index contributed by atoms with van der Waals surface area (Å²) < 4.78 is 10.9. The molecular formula is C8H16O3. The smallest absolute Gasteiger partial charge is 0.168 e. The first-order chi connectivity index (χ1) is 5.08. The monoisotopic (exact) mass is 160 g/mol. The Balaban J connectivity index is 2.50. The van der Waals surface area contributed by atoms with Crippen LogP contribution < -0.4 is 0 Å². The molecule has 1 fully saturated rings. The van der Waals surface area contributed by atoms with E-state index in [1.165, 1.54) is 0 Å². The van der Waals surface area contributed by atoms with Crippen LogP contribution in [-0.4, -0.2) is 30.2 Å². The van der Waals surface area contributed by atoms with Crippen molar-refractivity contribution in [1.29, 1.82) is 0 Å². The number of rotatable bonds is 2. The second kappa shape index (κ2) is 3.09. The Morgan fingerprint density at radius 1 is 1.64 bits per heavy atom. The van der Waals surface area contributed by atoms with Crippen molar-refractivity contribution in [2.45, 2.75) is 32.7 Å². The normalized spacial score (nSPS) is 38.5. The van der Waals surface area contributed by atoms with E-state index in [9.17, 15) is 0 Å². The standard InChI is InChI=1S/C8H16O3/c1-6(2)8(3)10-5-7(4-9)11-8/h6-7,9H,4-5H2,1-3H3. The number of aliphatic hydroxyl groups is 1. The van der Waals surface area contributed by atoms with Gasteiger partial charge < -0.3 is 14.6 Å². The van der Waals surface area contributed by atoms with Gasteiger partial charge in [0, 0.05) is 5.92 Å². The van der Waals surface area contributed by atoms with E-state index in [1.54, 1.807) is 0 Å². The zero-order valence-electron chi connectivity index (χ0n) is 7.33. The van der Waals surface area contributed by atoms with Crippen LogP contribution in [0.4, 0.5) is 0 Å². The van der Waals surface area contributed by atoms with Crippen LogP contribution >= 0.6 is 0 Å². The molecule has 66 valence electrons. The molecule has 0 radical (unpaired) electrons. The van der Waals surface area contributed by atoms with E-state index < -0.39 is 5.79 Å². The van der Waals surface area contributed by atoms with E-state index in [0.717, 1.165) is 0 Å². The maximum Gasteiger partial charge on any atom is 0.168 e. The molecule has 0 aromatic carbocycles. The number of aliphatic hydroxyl groups excluding tert-OH is 1. The van der Waals surface area contributed by atoms with E-state index in [2.05, 4.69) is 0 Å². The highest BCUT2D eigenvalue weighted by molar-refractivity contribution is 4.76. The number of ether oxygens (including phenoxy) is 2. The lowest BCUT2D eigenvalue weighted by atomic mass is 10.1. The van der Waals surface area contributed by atoms with Gasteiger partial charge in [-0.25, -0.2) is 0 Å². The number of hydrogen-bond donors (Lipinski definition) is 1. The van der Waals surface area contributed by atoms with E-state index >= 15 is 0 Å². The zero-order valence-corrected chi connectivity index (χ0v) is 7.33. The van der Waals surface area contributed by atoms with Crippen molar-refractivity contribution >= 4 is 0 Å². The minimum absolute atomic E-state index is 0.0440. The van der Waals surface area contributed by atoms with Crippen molar-refractivity contribution in [3.8, 4) is 0 Å². The van der Waals surface area contributed by atoms with Crippen molar-refractivity contribution in [3.05, 3.63) is 0 Å². The molecular weight excluding hydrogens is 144 g/mol. The van der Waals surface area contributed by atoms with Gasteiger partial charge in [-0.3, -0.25) is 0 Å². The lowest BCUT2D eigenvalue weighted by Crippen LogP contribution is -2.33. The van der Waals surface area contributed by atoms with Crippen LogP contribution in [0, 0.1) is 5.92 Å². The summed E-state index contributed by atoms with van der Waals surface area (Å²) in [6.07, 6.45) is -0.137. The van der Waals surface area contributed by atoms with E-state index in [4.69, 9.17) is 14.6 Å². The molecule has 1 heterocycles. The van der Waals surface area contributed by atoms with Crippen LogP contribution in [0.15, 0.2) is 0 Å². The molecule has 0 aromatic rings. The second-order valence-electron chi connectivity index (χ2n) is 3.40. The molecule has 0 spiro atoms. The van der Waals surface area contributed by atoms with Gasteiger partial charge in [0.15, 0.2) is 5.79 Å². The molecule has 3 heteroatoms. The van der Waals surface area contributed by atoms with Crippen LogP contribution in [-0.2, 0) is 9.47 Å². The Labute approximate surface area is 67.3 Å². The summed E-state index contributed by atoms with van der Waals surface area (Å²) in [5.74, 6) is -0.174. The minimum atomic E-state index is -0.493. The van der Waals surface area contributed by atoms with Crippen molar-refractivity contribution < 1.29 is 14.6 Å². The fourth-order valence-corrected chi connectivity index (χ4v) is 1.05. The average Bonchev–Trinajstić information content (AvgIpc) is 2.33. The second-order valence-corrected chi connectivity index (χ2v) is 3.40. The largest absolute Gasteiger partial charge is 0.394 e. The maximum absolute atomic E-state index is 8.78. The Bertz CT molecular complexity index is 135. The van der Waals surface area contributed by atoms with Crippen molar-refractivity contribution in [2.75, 3.05) is 13.2 Å². The first-order valence-electron chi connectivity index (χ1n) is 4.01. The molecule has 1 aliphatic rings. The third-order valence-corrected chi connectivity index (χ3v) is 2.21. The van der Waals surface area contributed by atoms with E-state index in [0.29, 0.717) is 12.5 Å². The summed E-state index contributed by atoms with van der Waals surface area (Å²) >= 11 is 0. The van der Waals surface area contributed by atoms with Gasteiger partial charge >= 0.3 is 0 Å². The molecule has 0 saturated carbocycles. The lowest BCUT2D eigenvalue weighted by Gasteiger charge is -2.27. The summed E-state index contributed by atoms with van der Waals surface area (Å²) in [6.45, 7) is 6.54. The third kappa shape index (κ3) is 1.72. The summed E-state index contributed by atoms with van der Waals surface area (Å²) in [7, 11) is 0. The highest BCUT2D eigenvalue weighted by Crippen LogP contribution is 2.29. The quantitative estimate of drug-likeness (QED) is 0.648. The molecule has 0 amide bonds. The summed E-state index contributed by atoms with van der Waals surface area (Å²) in [4.78, 5) is 0. The van der Waals surface area contributed by atoms with Gasteiger partial charge in [-0.1, -0.05) is 13.8 Å². The third-order valence-electron chi connectivity index (χ3n) is 2.21. The average molecular weight is 160 g/mol. The number of hydrogen-bond acceptors (Lipinski definition) is 3. The van der Waals surface area contributed by atoms with Gasteiger partial charge in [-0.2, -0.15) is 0 Å². The fourth-order valence-electron chi connectivity index (χ4n) is 1.05. The molecule has 2 unspecified atom stereocenters. The highest BCUT2D eigenvalue weighted by atomic mass is 16.7.